The number of halogens is 3. The van der Waals surface area contributed by atoms with E-state index in [-0.39, 0.29) is 0 Å². The van der Waals surface area contributed by atoms with Crippen LogP contribution in [0.15, 0.2) is 17.1 Å². The number of rotatable bonds is 1. The Labute approximate surface area is 87.5 Å². The number of hydrogen-bond donors (Lipinski definition) is 0. The Balaban J connectivity index is 3.37. The summed E-state index contributed by atoms with van der Waals surface area (Å²) in [6.07, 6.45) is 1.48. The van der Waals surface area contributed by atoms with Crippen molar-refractivity contribution in [2.75, 3.05) is 0 Å². The number of hydrogen-bond acceptors (Lipinski definition) is 1. The van der Waals surface area contributed by atoms with Crippen LogP contribution in [0.5, 0.6) is 0 Å². The first-order valence-electron chi connectivity index (χ1n) is 3.24. The van der Waals surface area contributed by atoms with E-state index in [0.717, 1.165) is 4.57 Å². The van der Waals surface area contributed by atoms with E-state index in [0.29, 0.717) is 3.57 Å². The minimum Gasteiger partial charge on any atom is -0.296 e. The van der Waals surface area contributed by atoms with Crippen LogP contribution in [-0.4, -0.2) is 4.57 Å². The molecule has 0 bridgehead atoms. The van der Waals surface area contributed by atoms with Gasteiger partial charge in [0, 0.05) is 6.20 Å². The highest BCUT2D eigenvalue weighted by Gasteiger charge is 2.09. The first-order valence-corrected chi connectivity index (χ1v) is 4.75. The lowest BCUT2D eigenvalue weighted by atomic mass is 10.4. The highest BCUT2D eigenvalue weighted by atomic mass is 127. The minimum absolute atomic E-state index is 0.311. The Bertz CT molecular complexity index is 350. The smallest absolute Gasteiger partial charge is 0.288 e. The van der Waals surface area contributed by atoms with E-state index in [4.69, 9.17) is 11.6 Å². The Morgan fingerprint density at radius 1 is 1.75 bits per heavy atom. The minimum atomic E-state index is -0.745. The second-order valence-corrected chi connectivity index (χ2v) is 4.06. The van der Waals surface area contributed by atoms with Gasteiger partial charge in [-0.05, 0) is 35.6 Å². The summed E-state index contributed by atoms with van der Waals surface area (Å²) in [6.45, 7) is 1.61. The third-order valence-corrected chi connectivity index (χ3v) is 2.44. The molecule has 0 aromatic carbocycles. The molecule has 0 aliphatic carbocycles. The molecule has 0 saturated heterocycles. The molecule has 0 amide bonds. The van der Waals surface area contributed by atoms with E-state index < -0.39 is 16.9 Å². The Morgan fingerprint density at radius 3 is 2.83 bits per heavy atom. The van der Waals surface area contributed by atoms with Crippen molar-refractivity contribution in [3.05, 3.63) is 32.0 Å². The first kappa shape index (κ1) is 9.98. The van der Waals surface area contributed by atoms with Crippen molar-refractivity contribution in [3.63, 3.8) is 0 Å². The van der Waals surface area contributed by atoms with Gasteiger partial charge in [-0.2, -0.15) is 4.39 Å². The van der Waals surface area contributed by atoms with Crippen molar-refractivity contribution < 1.29 is 4.39 Å². The molecule has 2 nitrogen and oxygen atoms in total. The number of pyridine rings is 1. The van der Waals surface area contributed by atoms with Gasteiger partial charge in [-0.25, -0.2) is 0 Å². The molecule has 0 fully saturated rings. The monoisotopic (exact) mass is 301 g/mol. The maximum absolute atomic E-state index is 13.0. The van der Waals surface area contributed by atoms with Crippen LogP contribution in [0.2, 0.25) is 0 Å². The van der Waals surface area contributed by atoms with Crippen LogP contribution in [0, 0.1) is 9.39 Å². The van der Waals surface area contributed by atoms with E-state index in [1.807, 2.05) is 0 Å². The van der Waals surface area contributed by atoms with Crippen LogP contribution in [-0.2, 0) is 0 Å². The van der Waals surface area contributed by atoms with Gasteiger partial charge < -0.3 is 0 Å². The summed E-state index contributed by atoms with van der Waals surface area (Å²) in [5, 5.41) is 0. The molecular weight excluding hydrogens is 295 g/mol. The molecular formula is C7H6ClFINO. The lowest BCUT2D eigenvalue weighted by molar-refractivity contribution is 0.562. The molecule has 0 spiro atoms. The number of aromatic nitrogens is 1. The molecule has 1 heterocycles. The van der Waals surface area contributed by atoms with Gasteiger partial charge in [-0.15, -0.1) is 0 Å². The lowest BCUT2D eigenvalue weighted by Gasteiger charge is -2.07. The third-order valence-electron chi connectivity index (χ3n) is 1.40. The van der Waals surface area contributed by atoms with Crippen molar-refractivity contribution in [3.8, 4) is 0 Å². The largest absolute Gasteiger partial charge is 0.296 e. The molecule has 1 unspecified atom stereocenters. The normalized spacial score (nSPS) is 13.0. The summed E-state index contributed by atoms with van der Waals surface area (Å²) in [4.78, 5) is 11.1. The molecule has 0 aliphatic heterocycles. The Hall–Kier alpha value is -0.100. The van der Waals surface area contributed by atoms with Crippen molar-refractivity contribution in [2.45, 2.75) is 12.4 Å². The van der Waals surface area contributed by atoms with Crippen LogP contribution in [0.3, 0.4) is 0 Å². The predicted molar refractivity (Wildman–Crippen MR) is 53.9 cm³/mol. The van der Waals surface area contributed by atoms with Gasteiger partial charge in [0.2, 0.25) is 5.82 Å². The van der Waals surface area contributed by atoms with E-state index >= 15 is 0 Å². The number of nitrogens with zero attached hydrogens (tertiary/aromatic N) is 1. The molecule has 66 valence electrons. The standard InChI is InChI=1S/C7H6ClFINO/c1-4(8)11-3-2-5(10)6(9)7(11)12/h2-4H,1H3. The number of alkyl halides is 1. The summed E-state index contributed by atoms with van der Waals surface area (Å²) in [5.41, 5.74) is -1.20. The van der Waals surface area contributed by atoms with Crippen molar-refractivity contribution >= 4 is 34.2 Å². The van der Waals surface area contributed by atoms with Crippen molar-refractivity contribution in [1.82, 2.24) is 4.57 Å². The van der Waals surface area contributed by atoms with Crippen molar-refractivity contribution in [1.29, 1.82) is 0 Å². The van der Waals surface area contributed by atoms with Gasteiger partial charge in [-0.3, -0.25) is 9.36 Å². The topological polar surface area (TPSA) is 22.0 Å². The van der Waals surface area contributed by atoms with Gasteiger partial charge >= 0.3 is 0 Å². The molecule has 0 saturated carbocycles. The molecule has 1 atom stereocenters. The molecule has 1 aromatic rings. The summed E-state index contributed by atoms with van der Waals surface area (Å²) < 4.78 is 14.4. The Kier molecular flexibility index (Phi) is 3.11. The van der Waals surface area contributed by atoms with Gasteiger partial charge in [0.05, 0.1) is 3.57 Å². The maximum atomic E-state index is 13.0. The van der Waals surface area contributed by atoms with Gasteiger partial charge in [0.25, 0.3) is 5.56 Å². The summed E-state index contributed by atoms with van der Waals surface area (Å²) in [7, 11) is 0. The first-order chi connectivity index (χ1) is 5.54. The van der Waals surface area contributed by atoms with E-state index in [2.05, 4.69) is 0 Å². The Morgan fingerprint density at radius 2 is 2.33 bits per heavy atom. The molecule has 12 heavy (non-hydrogen) atoms. The van der Waals surface area contributed by atoms with Crippen molar-refractivity contribution in [2.24, 2.45) is 0 Å². The predicted octanol–water partition coefficient (Wildman–Crippen LogP) is 2.35. The fraction of sp³-hybridized carbons (Fsp3) is 0.286. The average molecular weight is 301 g/mol. The molecule has 0 N–H and O–H groups in total. The zero-order valence-corrected chi connectivity index (χ0v) is 9.13. The maximum Gasteiger partial charge on any atom is 0.288 e. The summed E-state index contributed by atoms with van der Waals surface area (Å²) in [6, 6.07) is 1.51. The molecule has 5 heteroatoms. The summed E-state index contributed by atoms with van der Waals surface area (Å²) >= 11 is 7.39. The fourth-order valence-corrected chi connectivity index (χ4v) is 1.33. The van der Waals surface area contributed by atoms with Gasteiger partial charge in [0.15, 0.2) is 0 Å². The third kappa shape index (κ3) is 1.80. The molecule has 1 aromatic heterocycles. The summed E-state index contributed by atoms with van der Waals surface area (Å²) in [5.74, 6) is -0.745. The van der Waals surface area contributed by atoms with Crippen LogP contribution >= 0.6 is 34.2 Å². The average Bonchev–Trinajstić information content (AvgIpc) is 2.00. The molecule has 1 rings (SSSR count). The zero-order valence-electron chi connectivity index (χ0n) is 6.22. The van der Waals surface area contributed by atoms with Crippen LogP contribution in [0.25, 0.3) is 0 Å². The highest BCUT2D eigenvalue weighted by molar-refractivity contribution is 14.1. The second-order valence-electron chi connectivity index (χ2n) is 2.26. The molecule has 0 radical (unpaired) electrons. The van der Waals surface area contributed by atoms with Gasteiger partial charge in [0.1, 0.15) is 5.50 Å². The lowest BCUT2D eigenvalue weighted by Crippen LogP contribution is -2.23. The quantitative estimate of drug-likeness (QED) is 0.576. The van der Waals surface area contributed by atoms with Crippen LogP contribution < -0.4 is 5.56 Å². The van der Waals surface area contributed by atoms with E-state index in [9.17, 15) is 9.18 Å². The second kappa shape index (κ2) is 3.74. The fourth-order valence-electron chi connectivity index (χ4n) is 0.782. The highest BCUT2D eigenvalue weighted by Crippen LogP contribution is 2.10. The van der Waals surface area contributed by atoms with E-state index in [1.54, 1.807) is 29.5 Å². The molecule has 0 aliphatic rings. The van der Waals surface area contributed by atoms with Crippen LogP contribution in [0.1, 0.15) is 12.4 Å². The van der Waals surface area contributed by atoms with Gasteiger partial charge in [-0.1, -0.05) is 11.6 Å². The van der Waals surface area contributed by atoms with E-state index in [1.165, 1.54) is 12.3 Å². The zero-order chi connectivity index (χ0) is 9.30. The SMILES string of the molecule is CC(Cl)n1ccc(I)c(F)c1=O. The van der Waals surface area contributed by atoms with Crippen LogP contribution in [0.4, 0.5) is 4.39 Å².